The highest BCUT2D eigenvalue weighted by molar-refractivity contribution is 6.35. The molecule has 0 aliphatic rings. The van der Waals surface area contributed by atoms with Gasteiger partial charge in [0.25, 0.3) is 5.91 Å². The van der Waals surface area contributed by atoms with Crippen molar-refractivity contribution in [2.75, 3.05) is 13.7 Å². The lowest BCUT2D eigenvalue weighted by Crippen LogP contribution is -2.30. The van der Waals surface area contributed by atoms with Crippen molar-refractivity contribution in [3.05, 3.63) is 63.6 Å². The number of carbonyl (C=O) groups is 2. The van der Waals surface area contributed by atoms with Crippen molar-refractivity contribution in [1.29, 1.82) is 0 Å². The van der Waals surface area contributed by atoms with Gasteiger partial charge in [-0.3, -0.25) is 9.59 Å². The van der Waals surface area contributed by atoms with Crippen LogP contribution in [0.5, 0.6) is 5.75 Å². The fourth-order valence-corrected chi connectivity index (χ4v) is 2.31. The van der Waals surface area contributed by atoms with Crippen molar-refractivity contribution in [1.82, 2.24) is 5.32 Å². The van der Waals surface area contributed by atoms with Crippen molar-refractivity contribution in [2.24, 2.45) is 0 Å². The number of halogens is 2. The van der Waals surface area contributed by atoms with Gasteiger partial charge in [-0.25, -0.2) is 0 Å². The Bertz CT molecular complexity index is 732. The maximum atomic E-state index is 11.9. The topological polar surface area (TPSA) is 64.6 Å². The summed E-state index contributed by atoms with van der Waals surface area (Å²) in [5, 5.41) is 3.40. The molecular weight excluding hydrogens is 353 g/mol. The fraction of sp³-hybridized carbons (Fsp3) is 0.176. The van der Waals surface area contributed by atoms with E-state index < -0.39 is 5.97 Å². The third-order valence-electron chi connectivity index (χ3n) is 3.15. The molecule has 0 aliphatic heterocycles. The van der Waals surface area contributed by atoms with E-state index in [2.05, 4.69) is 5.32 Å². The van der Waals surface area contributed by atoms with Crippen LogP contribution in [0, 0.1) is 0 Å². The van der Waals surface area contributed by atoms with Gasteiger partial charge < -0.3 is 14.8 Å². The van der Waals surface area contributed by atoms with Gasteiger partial charge in [0.1, 0.15) is 18.9 Å². The quantitative estimate of drug-likeness (QED) is 0.793. The highest BCUT2D eigenvalue weighted by Gasteiger charge is 2.10. The van der Waals surface area contributed by atoms with Crippen LogP contribution < -0.4 is 10.1 Å². The molecule has 0 aromatic heterocycles. The van der Waals surface area contributed by atoms with Crippen LogP contribution in [-0.2, 0) is 16.1 Å². The van der Waals surface area contributed by atoms with E-state index in [4.69, 9.17) is 32.7 Å². The average molecular weight is 368 g/mol. The minimum Gasteiger partial charge on any atom is -0.497 e. The molecule has 0 spiro atoms. The standard InChI is InChI=1S/C17H15Cl2NO4/c1-23-14-6-3-11(4-7-14)17(22)20-9-16(21)24-10-12-2-5-13(18)8-15(12)19/h2-8H,9-10H2,1H3,(H,20,22). The van der Waals surface area contributed by atoms with E-state index in [-0.39, 0.29) is 19.1 Å². The van der Waals surface area contributed by atoms with Crippen molar-refractivity contribution in [3.63, 3.8) is 0 Å². The molecule has 0 radical (unpaired) electrons. The number of esters is 1. The van der Waals surface area contributed by atoms with Gasteiger partial charge >= 0.3 is 5.97 Å². The number of methoxy groups -OCH3 is 1. The second-order valence-electron chi connectivity index (χ2n) is 4.81. The number of nitrogens with one attached hydrogen (secondary N) is 1. The molecule has 126 valence electrons. The molecule has 0 heterocycles. The summed E-state index contributed by atoms with van der Waals surface area (Å²) in [4.78, 5) is 23.6. The van der Waals surface area contributed by atoms with E-state index >= 15 is 0 Å². The molecule has 2 aromatic rings. The molecule has 5 nitrogen and oxygen atoms in total. The molecule has 0 saturated carbocycles. The maximum absolute atomic E-state index is 11.9. The molecule has 1 N–H and O–H groups in total. The summed E-state index contributed by atoms with van der Waals surface area (Å²) >= 11 is 11.8. The molecular formula is C17H15Cl2NO4. The minimum absolute atomic E-state index is 0.00718. The molecule has 2 aromatic carbocycles. The maximum Gasteiger partial charge on any atom is 0.325 e. The predicted octanol–water partition coefficient (Wildman–Crippen LogP) is 3.48. The molecule has 1 amide bonds. The Labute approximate surface area is 149 Å². The van der Waals surface area contributed by atoms with Crippen LogP contribution >= 0.6 is 23.2 Å². The lowest BCUT2D eigenvalue weighted by atomic mass is 10.2. The molecule has 24 heavy (non-hydrogen) atoms. The van der Waals surface area contributed by atoms with Gasteiger partial charge in [0.15, 0.2) is 0 Å². The summed E-state index contributed by atoms with van der Waals surface area (Å²) in [5.74, 6) is -0.298. The van der Waals surface area contributed by atoms with E-state index in [1.807, 2.05) is 0 Å². The molecule has 0 saturated heterocycles. The minimum atomic E-state index is -0.567. The number of carbonyl (C=O) groups excluding carboxylic acids is 2. The molecule has 2 rings (SSSR count). The Hall–Kier alpha value is -2.24. The molecule has 0 bridgehead atoms. The third-order valence-corrected chi connectivity index (χ3v) is 3.74. The monoisotopic (exact) mass is 367 g/mol. The van der Waals surface area contributed by atoms with Crippen molar-refractivity contribution in [2.45, 2.75) is 6.61 Å². The van der Waals surface area contributed by atoms with Gasteiger partial charge in [-0.05, 0) is 36.4 Å². The molecule has 7 heteroatoms. The first-order valence-electron chi connectivity index (χ1n) is 7.01. The number of ether oxygens (including phenoxy) is 2. The Kier molecular flexibility index (Phi) is 6.46. The van der Waals surface area contributed by atoms with Gasteiger partial charge in [-0.1, -0.05) is 29.3 Å². The number of hydrogen-bond donors (Lipinski definition) is 1. The van der Waals surface area contributed by atoms with Crippen molar-refractivity contribution < 1.29 is 19.1 Å². The van der Waals surface area contributed by atoms with E-state index in [0.29, 0.717) is 26.9 Å². The number of amides is 1. The zero-order chi connectivity index (χ0) is 17.5. The van der Waals surface area contributed by atoms with Crippen LogP contribution in [0.1, 0.15) is 15.9 Å². The first kappa shape index (κ1) is 18.1. The second-order valence-corrected chi connectivity index (χ2v) is 5.65. The highest BCUT2D eigenvalue weighted by Crippen LogP contribution is 2.21. The summed E-state index contributed by atoms with van der Waals surface area (Å²) in [5.41, 5.74) is 1.06. The van der Waals surface area contributed by atoms with Crippen LogP contribution in [0.25, 0.3) is 0 Å². The molecule has 0 fully saturated rings. The smallest absolute Gasteiger partial charge is 0.325 e. The molecule has 0 atom stereocenters. The van der Waals surface area contributed by atoms with Gasteiger partial charge in [0.2, 0.25) is 0 Å². The van der Waals surface area contributed by atoms with E-state index in [1.165, 1.54) is 7.11 Å². The van der Waals surface area contributed by atoms with Crippen molar-refractivity contribution >= 4 is 35.1 Å². The Morgan fingerprint density at radius 3 is 2.42 bits per heavy atom. The van der Waals surface area contributed by atoms with Gasteiger partial charge in [0, 0.05) is 21.2 Å². The lowest BCUT2D eigenvalue weighted by molar-refractivity contribution is -0.143. The van der Waals surface area contributed by atoms with E-state index in [9.17, 15) is 9.59 Å². The summed E-state index contributed by atoms with van der Waals surface area (Å²) in [6.07, 6.45) is 0. The van der Waals surface area contributed by atoms with Crippen LogP contribution in [0.2, 0.25) is 10.0 Å². The first-order chi connectivity index (χ1) is 11.5. The van der Waals surface area contributed by atoms with Crippen LogP contribution in [0.4, 0.5) is 0 Å². The predicted molar refractivity (Wildman–Crippen MR) is 91.6 cm³/mol. The number of rotatable bonds is 6. The Balaban J connectivity index is 1.80. The van der Waals surface area contributed by atoms with E-state index in [0.717, 1.165) is 0 Å². The lowest BCUT2D eigenvalue weighted by Gasteiger charge is -2.08. The zero-order valence-corrected chi connectivity index (χ0v) is 14.4. The Morgan fingerprint density at radius 2 is 1.79 bits per heavy atom. The number of benzene rings is 2. The summed E-state index contributed by atoms with van der Waals surface area (Å²) in [7, 11) is 1.54. The normalized spacial score (nSPS) is 10.1. The summed E-state index contributed by atoms with van der Waals surface area (Å²) in [6.45, 7) is -0.233. The largest absolute Gasteiger partial charge is 0.497 e. The SMILES string of the molecule is COc1ccc(C(=O)NCC(=O)OCc2ccc(Cl)cc2Cl)cc1. The summed E-state index contributed by atoms with van der Waals surface area (Å²) in [6, 6.07) is 11.4. The molecule has 0 unspecified atom stereocenters. The summed E-state index contributed by atoms with van der Waals surface area (Å²) < 4.78 is 10.1. The number of hydrogen-bond acceptors (Lipinski definition) is 4. The Morgan fingerprint density at radius 1 is 1.08 bits per heavy atom. The zero-order valence-electron chi connectivity index (χ0n) is 12.8. The van der Waals surface area contributed by atoms with Gasteiger partial charge in [0.05, 0.1) is 7.11 Å². The fourth-order valence-electron chi connectivity index (χ4n) is 1.84. The van der Waals surface area contributed by atoms with Gasteiger partial charge in [-0.15, -0.1) is 0 Å². The van der Waals surface area contributed by atoms with Crippen molar-refractivity contribution in [3.8, 4) is 5.75 Å². The first-order valence-corrected chi connectivity index (χ1v) is 7.77. The second kappa shape index (κ2) is 8.57. The van der Waals surface area contributed by atoms with Crippen LogP contribution in [0.3, 0.4) is 0 Å². The van der Waals surface area contributed by atoms with Crippen LogP contribution in [-0.4, -0.2) is 25.5 Å². The third kappa shape index (κ3) is 5.15. The van der Waals surface area contributed by atoms with Crippen LogP contribution in [0.15, 0.2) is 42.5 Å². The average Bonchev–Trinajstić information content (AvgIpc) is 2.59. The molecule has 0 aliphatic carbocycles. The van der Waals surface area contributed by atoms with E-state index in [1.54, 1.807) is 42.5 Å². The van der Waals surface area contributed by atoms with Gasteiger partial charge in [-0.2, -0.15) is 0 Å². The highest BCUT2D eigenvalue weighted by atomic mass is 35.5.